The number of carbonyl (C=O) groups excluding carboxylic acids is 1. The summed E-state index contributed by atoms with van der Waals surface area (Å²) in [5.41, 5.74) is 1.26. The fourth-order valence-corrected chi connectivity index (χ4v) is 3.77. The highest BCUT2D eigenvalue weighted by Crippen LogP contribution is 2.22. The Labute approximate surface area is 158 Å². The normalized spacial score (nSPS) is 22.2. The van der Waals surface area contributed by atoms with E-state index in [0.717, 1.165) is 19.6 Å². The minimum atomic E-state index is -4.16. The van der Waals surface area contributed by atoms with Crippen molar-refractivity contribution < 1.29 is 18.0 Å². The summed E-state index contributed by atoms with van der Waals surface area (Å²) in [4.78, 5) is 17.9. The third-order valence-electron chi connectivity index (χ3n) is 5.22. The third-order valence-corrected chi connectivity index (χ3v) is 5.22. The number of likely N-dealkylation sites (tertiary alicyclic amines) is 1. The first-order valence-corrected chi connectivity index (χ1v) is 9.47. The molecule has 1 aromatic carbocycles. The molecule has 2 aliphatic heterocycles. The van der Waals surface area contributed by atoms with Gasteiger partial charge in [-0.3, -0.25) is 9.80 Å². The van der Waals surface area contributed by atoms with Crippen LogP contribution in [-0.4, -0.2) is 79.3 Å². The van der Waals surface area contributed by atoms with E-state index < -0.39 is 12.7 Å². The Morgan fingerprint density at radius 3 is 2.41 bits per heavy atom. The van der Waals surface area contributed by atoms with Gasteiger partial charge in [-0.1, -0.05) is 30.3 Å². The number of nitrogens with zero attached hydrogens (tertiary/aromatic N) is 3. The summed E-state index contributed by atoms with van der Waals surface area (Å²) in [5.74, 6) is 0.0932. The van der Waals surface area contributed by atoms with Gasteiger partial charge in [0, 0.05) is 45.8 Å². The maximum atomic E-state index is 12.4. The van der Waals surface area contributed by atoms with Crippen LogP contribution >= 0.6 is 0 Å². The van der Waals surface area contributed by atoms with Crippen molar-refractivity contribution in [2.75, 3.05) is 52.4 Å². The predicted molar refractivity (Wildman–Crippen MR) is 97.3 cm³/mol. The van der Waals surface area contributed by atoms with Crippen LogP contribution in [0.2, 0.25) is 0 Å². The molecule has 2 saturated heterocycles. The molecule has 0 spiro atoms. The van der Waals surface area contributed by atoms with Gasteiger partial charge in [0.25, 0.3) is 0 Å². The molecule has 3 rings (SSSR count). The van der Waals surface area contributed by atoms with Crippen LogP contribution in [0.4, 0.5) is 18.0 Å². The van der Waals surface area contributed by atoms with E-state index in [1.54, 1.807) is 4.90 Å². The minimum Gasteiger partial charge on any atom is -0.338 e. The molecule has 1 atom stereocenters. The van der Waals surface area contributed by atoms with Gasteiger partial charge in [-0.05, 0) is 24.4 Å². The maximum absolute atomic E-state index is 12.4. The number of hydrogen-bond donors (Lipinski definition) is 1. The molecule has 1 aromatic rings. The lowest BCUT2D eigenvalue weighted by molar-refractivity contribution is -0.143. The highest BCUT2D eigenvalue weighted by Gasteiger charge is 2.34. The number of piperazine rings is 1. The van der Waals surface area contributed by atoms with Crippen LogP contribution in [0, 0.1) is 5.92 Å². The number of hydrogen-bond acceptors (Lipinski definition) is 3. The average Bonchev–Trinajstić information content (AvgIpc) is 3.06. The maximum Gasteiger partial charge on any atom is 0.401 e. The van der Waals surface area contributed by atoms with Crippen molar-refractivity contribution >= 4 is 6.03 Å². The Kier molecular flexibility index (Phi) is 6.59. The van der Waals surface area contributed by atoms with Crippen molar-refractivity contribution in [3.05, 3.63) is 35.9 Å². The molecule has 27 heavy (non-hydrogen) atoms. The van der Waals surface area contributed by atoms with E-state index in [1.807, 2.05) is 18.2 Å². The lowest BCUT2D eigenvalue weighted by Gasteiger charge is -2.35. The number of alkyl halides is 3. The topological polar surface area (TPSA) is 38.8 Å². The fraction of sp³-hybridized carbons (Fsp3) is 0.632. The van der Waals surface area contributed by atoms with Crippen LogP contribution < -0.4 is 5.32 Å². The lowest BCUT2D eigenvalue weighted by Crippen LogP contribution is -2.52. The molecule has 5 nitrogen and oxygen atoms in total. The molecule has 1 unspecified atom stereocenters. The van der Waals surface area contributed by atoms with Crippen molar-refractivity contribution in [1.29, 1.82) is 0 Å². The number of rotatable bonds is 5. The molecule has 150 valence electrons. The molecule has 0 aliphatic carbocycles. The van der Waals surface area contributed by atoms with E-state index in [2.05, 4.69) is 22.3 Å². The highest BCUT2D eigenvalue weighted by atomic mass is 19.4. The van der Waals surface area contributed by atoms with Gasteiger partial charge in [0.2, 0.25) is 0 Å². The van der Waals surface area contributed by atoms with Crippen molar-refractivity contribution in [3.8, 4) is 0 Å². The number of carbonyl (C=O) groups is 1. The van der Waals surface area contributed by atoms with Gasteiger partial charge in [0.05, 0.1) is 6.54 Å². The molecule has 0 saturated carbocycles. The first-order chi connectivity index (χ1) is 12.9. The van der Waals surface area contributed by atoms with Crippen molar-refractivity contribution in [2.45, 2.75) is 19.1 Å². The van der Waals surface area contributed by atoms with E-state index in [4.69, 9.17) is 0 Å². The largest absolute Gasteiger partial charge is 0.401 e. The van der Waals surface area contributed by atoms with E-state index >= 15 is 0 Å². The van der Waals surface area contributed by atoms with Gasteiger partial charge in [-0.15, -0.1) is 0 Å². The monoisotopic (exact) mass is 384 g/mol. The number of nitrogens with one attached hydrogen (secondary N) is 1. The van der Waals surface area contributed by atoms with Crippen LogP contribution in [-0.2, 0) is 6.54 Å². The van der Waals surface area contributed by atoms with Crippen molar-refractivity contribution in [3.63, 3.8) is 0 Å². The Morgan fingerprint density at radius 1 is 1.04 bits per heavy atom. The zero-order valence-electron chi connectivity index (χ0n) is 15.4. The van der Waals surface area contributed by atoms with Crippen LogP contribution in [0.1, 0.15) is 12.0 Å². The summed E-state index contributed by atoms with van der Waals surface area (Å²) in [6, 6.07) is 10.1. The van der Waals surface area contributed by atoms with Gasteiger partial charge in [-0.25, -0.2) is 4.79 Å². The Hall–Kier alpha value is -1.80. The summed E-state index contributed by atoms with van der Waals surface area (Å²) in [7, 11) is 0. The second-order valence-corrected chi connectivity index (χ2v) is 7.44. The SMILES string of the molecule is O=C(NCC1CCN(CC(F)(F)F)C1)N1CCN(Cc2ccccc2)CC1. The third kappa shape index (κ3) is 6.39. The van der Waals surface area contributed by atoms with Crippen LogP contribution in [0.3, 0.4) is 0 Å². The van der Waals surface area contributed by atoms with Gasteiger partial charge in [0.15, 0.2) is 0 Å². The lowest BCUT2D eigenvalue weighted by atomic mass is 10.1. The van der Waals surface area contributed by atoms with Crippen molar-refractivity contribution in [1.82, 2.24) is 20.0 Å². The molecule has 2 fully saturated rings. The molecule has 2 heterocycles. The second-order valence-electron chi connectivity index (χ2n) is 7.44. The average molecular weight is 384 g/mol. The van der Waals surface area contributed by atoms with E-state index in [1.165, 1.54) is 10.5 Å². The van der Waals surface area contributed by atoms with Crippen LogP contribution in [0.15, 0.2) is 30.3 Å². The summed E-state index contributed by atoms with van der Waals surface area (Å²) in [6.07, 6.45) is -3.46. The van der Waals surface area contributed by atoms with Gasteiger partial charge < -0.3 is 10.2 Å². The summed E-state index contributed by atoms with van der Waals surface area (Å²) >= 11 is 0. The smallest absolute Gasteiger partial charge is 0.338 e. The zero-order chi connectivity index (χ0) is 19.3. The fourth-order valence-electron chi connectivity index (χ4n) is 3.77. The summed E-state index contributed by atoms with van der Waals surface area (Å²) in [6.45, 7) is 4.29. The van der Waals surface area contributed by atoms with Crippen LogP contribution in [0.25, 0.3) is 0 Å². The Morgan fingerprint density at radius 2 is 1.74 bits per heavy atom. The zero-order valence-corrected chi connectivity index (χ0v) is 15.4. The molecule has 1 N–H and O–H groups in total. The summed E-state index contributed by atoms with van der Waals surface area (Å²) < 4.78 is 37.3. The minimum absolute atomic E-state index is 0.0932. The van der Waals surface area contributed by atoms with E-state index in [-0.39, 0.29) is 11.9 Å². The van der Waals surface area contributed by atoms with Gasteiger partial charge in [-0.2, -0.15) is 13.2 Å². The Bertz CT molecular complexity index is 603. The first-order valence-electron chi connectivity index (χ1n) is 9.47. The van der Waals surface area contributed by atoms with E-state index in [0.29, 0.717) is 39.1 Å². The Balaban J connectivity index is 1.34. The number of urea groups is 1. The molecule has 0 aromatic heterocycles. The molecule has 2 aliphatic rings. The van der Waals surface area contributed by atoms with Gasteiger partial charge in [0.1, 0.15) is 0 Å². The standard InChI is InChI=1S/C19H27F3N4O/c20-19(21,22)15-25-7-6-17(14-25)12-23-18(27)26-10-8-24(9-11-26)13-16-4-2-1-3-5-16/h1-5,17H,6-15H2,(H,23,27). The molecular formula is C19H27F3N4O. The van der Waals surface area contributed by atoms with E-state index in [9.17, 15) is 18.0 Å². The van der Waals surface area contributed by atoms with Gasteiger partial charge >= 0.3 is 12.2 Å². The first kappa shape index (κ1) is 19.9. The second kappa shape index (κ2) is 8.93. The van der Waals surface area contributed by atoms with Crippen molar-refractivity contribution in [2.24, 2.45) is 5.92 Å². The molecule has 0 bridgehead atoms. The molecule has 8 heteroatoms. The highest BCUT2D eigenvalue weighted by molar-refractivity contribution is 5.74. The number of halogens is 3. The molecule has 0 radical (unpaired) electrons. The quantitative estimate of drug-likeness (QED) is 0.847. The number of benzene rings is 1. The van der Waals surface area contributed by atoms with Crippen LogP contribution in [0.5, 0.6) is 0 Å². The predicted octanol–water partition coefficient (Wildman–Crippen LogP) is 2.40. The molecule has 2 amide bonds. The summed E-state index contributed by atoms with van der Waals surface area (Å²) in [5, 5.41) is 2.90. The number of amides is 2. The molecular weight excluding hydrogens is 357 g/mol.